The fourth-order valence-electron chi connectivity index (χ4n) is 2.99. The van der Waals surface area contributed by atoms with Crippen LogP contribution in [0.5, 0.6) is 11.5 Å². The lowest BCUT2D eigenvalue weighted by atomic mass is 10.1. The number of rotatable bonds is 5. The van der Waals surface area contributed by atoms with Gasteiger partial charge < -0.3 is 18.8 Å². The average Bonchev–Trinajstić information content (AvgIpc) is 3.18. The maximum Gasteiger partial charge on any atom is 0.261 e. The summed E-state index contributed by atoms with van der Waals surface area (Å²) in [6.07, 6.45) is 0.0692. The minimum atomic E-state index is -0.503. The fourth-order valence-corrected chi connectivity index (χ4v) is 2.99. The predicted octanol–water partition coefficient (Wildman–Crippen LogP) is 2.98. The van der Waals surface area contributed by atoms with E-state index in [2.05, 4.69) is 0 Å². The van der Waals surface area contributed by atoms with E-state index >= 15 is 0 Å². The molecule has 0 spiro atoms. The molecule has 1 aliphatic rings. The molecular weight excluding hydrogens is 334 g/mol. The van der Waals surface area contributed by atoms with Crippen LogP contribution in [0.4, 0.5) is 0 Å². The highest BCUT2D eigenvalue weighted by Crippen LogP contribution is 2.26. The van der Waals surface area contributed by atoms with Crippen LogP contribution in [-0.2, 0) is 16.0 Å². The van der Waals surface area contributed by atoms with Crippen LogP contribution < -0.4 is 10.3 Å². The normalized spacial score (nSPS) is 14.6. The van der Waals surface area contributed by atoms with E-state index in [9.17, 15) is 9.59 Å². The van der Waals surface area contributed by atoms with Gasteiger partial charge in [-0.25, -0.2) is 0 Å². The van der Waals surface area contributed by atoms with Crippen molar-refractivity contribution in [3.8, 4) is 11.5 Å². The first kappa shape index (κ1) is 16.5. The smallest absolute Gasteiger partial charge is 0.261 e. The number of pyridine rings is 1. The fraction of sp³-hybridized carbons (Fsp3) is 0.200. The Kier molecular flexibility index (Phi) is 4.51. The summed E-state index contributed by atoms with van der Waals surface area (Å²) in [5.74, 6) is 1.30. The highest BCUT2D eigenvalue weighted by molar-refractivity contribution is 5.87. The second-order valence-electron chi connectivity index (χ2n) is 5.94. The summed E-state index contributed by atoms with van der Waals surface area (Å²) in [6, 6.07) is 16.4. The van der Waals surface area contributed by atoms with Gasteiger partial charge in [0.25, 0.3) is 5.56 Å². The third-order valence-electron chi connectivity index (χ3n) is 4.22. The predicted molar refractivity (Wildman–Crippen MR) is 95.8 cm³/mol. The van der Waals surface area contributed by atoms with Crippen LogP contribution in [0, 0.1) is 0 Å². The molecule has 2 heterocycles. The van der Waals surface area contributed by atoms with E-state index in [1.54, 1.807) is 18.2 Å². The Morgan fingerprint density at radius 3 is 2.54 bits per heavy atom. The lowest BCUT2D eigenvalue weighted by molar-refractivity contribution is -0.0523. The molecule has 0 saturated carbocycles. The van der Waals surface area contributed by atoms with Gasteiger partial charge in [0.2, 0.25) is 0 Å². The maximum absolute atomic E-state index is 12.7. The van der Waals surface area contributed by atoms with Crippen molar-refractivity contribution in [1.29, 1.82) is 0 Å². The molecule has 6 nitrogen and oxygen atoms in total. The largest absolute Gasteiger partial charge is 0.457 e. The van der Waals surface area contributed by atoms with Crippen molar-refractivity contribution in [3.63, 3.8) is 0 Å². The maximum atomic E-state index is 12.7. The van der Waals surface area contributed by atoms with Crippen molar-refractivity contribution in [2.24, 2.45) is 0 Å². The van der Waals surface area contributed by atoms with Crippen LogP contribution in [0.1, 0.15) is 10.4 Å². The van der Waals surface area contributed by atoms with Crippen LogP contribution in [0.15, 0.2) is 59.4 Å². The minimum Gasteiger partial charge on any atom is -0.457 e. The van der Waals surface area contributed by atoms with Crippen molar-refractivity contribution < 1.29 is 19.0 Å². The van der Waals surface area contributed by atoms with Gasteiger partial charge in [-0.3, -0.25) is 9.59 Å². The van der Waals surface area contributed by atoms with Crippen molar-refractivity contribution in [3.05, 3.63) is 70.5 Å². The molecule has 1 aromatic heterocycles. The molecule has 0 bridgehead atoms. The van der Waals surface area contributed by atoms with Gasteiger partial charge in [0.05, 0.1) is 30.8 Å². The van der Waals surface area contributed by atoms with Gasteiger partial charge >= 0.3 is 0 Å². The first-order chi connectivity index (χ1) is 12.7. The Morgan fingerprint density at radius 1 is 1.04 bits per heavy atom. The molecule has 6 heteroatoms. The summed E-state index contributed by atoms with van der Waals surface area (Å²) in [4.78, 5) is 23.9. The number of benzene rings is 2. The molecule has 132 valence electrons. The summed E-state index contributed by atoms with van der Waals surface area (Å²) in [6.45, 7) is 1.20. The number of ether oxygens (including phenoxy) is 3. The molecule has 4 rings (SSSR count). The SMILES string of the molecule is O=Cc1cc2ccc(Oc3ccccc3)cc2n(CC2OCCO2)c1=O. The minimum absolute atomic E-state index is 0.104. The average molecular weight is 351 g/mol. The molecule has 0 N–H and O–H groups in total. The molecule has 1 aliphatic heterocycles. The first-order valence-corrected chi connectivity index (χ1v) is 8.33. The van der Waals surface area contributed by atoms with E-state index in [1.165, 1.54) is 4.57 Å². The van der Waals surface area contributed by atoms with E-state index in [0.717, 1.165) is 5.39 Å². The Morgan fingerprint density at radius 2 is 1.81 bits per heavy atom. The number of carbonyl (C=O) groups is 1. The second kappa shape index (κ2) is 7.11. The lowest BCUT2D eigenvalue weighted by Gasteiger charge is -2.16. The van der Waals surface area contributed by atoms with Gasteiger partial charge in [-0.1, -0.05) is 18.2 Å². The van der Waals surface area contributed by atoms with E-state index < -0.39 is 6.29 Å². The summed E-state index contributed by atoms with van der Waals surface area (Å²) in [7, 11) is 0. The first-order valence-electron chi connectivity index (χ1n) is 8.33. The Bertz CT molecular complexity index is 990. The van der Waals surface area contributed by atoms with Crippen molar-refractivity contribution >= 4 is 17.2 Å². The van der Waals surface area contributed by atoms with Crippen LogP contribution in [0.25, 0.3) is 10.9 Å². The van der Waals surface area contributed by atoms with E-state index in [-0.39, 0.29) is 17.7 Å². The number of hydrogen-bond donors (Lipinski definition) is 0. The number of aldehydes is 1. The molecule has 0 atom stereocenters. The Labute approximate surface area is 149 Å². The van der Waals surface area contributed by atoms with Gasteiger partial charge in [0.1, 0.15) is 11.5 Å². The molecule has 0 amide bonds. The van der Waals surface area contributed by atoms with Gasteiger partial charge in [-0.15, -0.1) is 0 Å². The molecule has 0 aliphatic carbocycles. The highest BCUT2D eigenvalue weighted by atomic mass is 16.7. The van der Waals surface area contributed by atoms with E-state index in [4.69, 9.17) is 14.2 Å². The van der Waals surface area contributed by atoms with Crippen LogP contribution in [-0.4, -0.2) is 30.4 Å². The Balaban J connectivity index is 1.79. The third kappa shape index (κ3) is 3.24. The summed E-state index contributed by atoms with van der Waals surface area (Å²) in [5, 5.41) is 0.769. The number of fused-ring (bicyclic) bond motifs is 1. The molecule has 0 radical (unpaired) electrons. The zero-order valence-corrected chi connectivity index (χ0v) is 14.0. The number of aromatic nitrogens is 1. The number of nitrogens with zero attached hydrogens (tertiary/aromatic N) is 1. The van der Waals surface area contributed by atoms with Crippen molar-refractivity contribution in [2.45, 2.75) is 12.8 Å². The van der Waals surface area contributed by atoms with Gasteiger partial charge in [-0.2, -0.15) is 0 Å². The quantitative estimate of drug-likeness (QED) is 0.661. The highest BCUT2D eigenvalue weighted by Gasteiger charge is 2.19. The van der Waals surface area contributed by atoms with Gasteiger partial charge in [-0.05, 0) is 35.7 Å². The standard InChI is InChI=1S/C20H17NO5/c22-13-15-10-14-6-7-17(26-16-4-2-1-3-5-16)11-18(14)21(20(15)23)12-19-24-8-9-25-19/h1-7,10-11,13,19H,8-9,12H2. The monoisotopic (exact) mass is 351 g/mol. The molecule has 1 saturated heterocycles. The van der Waals surface area contributed by atoms with Gasteiger partial charge in [0, 0.05) is 6.07 Å². The molecule has 3 aromatic rings. The topological polar surface area (TPSA) is 66.8 Å². The second-order valence-corrected chi connectivity index (χ2v) is 5.94. The molecule has 26 heavy (non-hydrogen) atoms. The van der Waals surface area contributed by atoms with Crippen molar-refractivity contribution in [1.82, 2.24) is 4.57 Å². The van der Waals surface area contributed by atoms with Crippen LogP contribution in [0.3, 0.4) is 0 Å². The van der Waals surface area contributed by atoms with Crippen LogP contribution >= 0.6 is 0 Å². The number of para-hydroxylation sites is 1. The molecule has 0 unspecified atom stereocenters. The third-order valence-corrected chi connectivity index (χ3v) is 4.22. The summed E-state index contributed by atoms with van der Waals surface area (Å²) < 4.78 is 18.3. The van der Waals surface area contributed by atoms with E-state index in [0.29, 0.717) is 36.5 Å². The Hall–Kier alpha value is -2.96. The number of carbonyl (C=O) groups excluding carboxylic acids is 1. The number of hydrogen-bond acceptors (Lipinski definition) is 5. The van der Waals surface area contributed by atoms with Crippen molar-refractivity contribution in [2.75, 3.05) is 13.2 Å². The zero-order chi connectivity index (χ0) is 17.9. The lowest BCUT2D eigenvalue weighted by Crippen LogP contribution is -2.29. The zero-order valence-electron chi connectivity index (χ0n) is 14.0. The van der Waals surface area contributed by atoms with Crippen LogP contribution in [0.2, 0.25) is 0 Å². The van der Waals surface area contributed by atoms with Gasteiger partial charge in [0.15, 0.2) is 12.6 Å². The molecule has 1 fully saturated rings. The summed E-state index contributed by atoms with van der Waals surface area (Å²) >= 11 is 0. The summed E-state index contributed by atoms with van der Waals surface area (Å²) in [5.41, 5.74) is 0.392. The van der Waals surface area contributed by atoms with E-state index in [1.807, 2.05) is 36.4 Å². The molecular formula is C20H17NO5. The molecule has 2 aromatic carbocycles.